The molecule has 0 bridgehead atoms. The monoisotopic (exact) mass is 263 g/mol. The molecule has 0 spiro atoms. The second-order valence-corrected chi connectivity index (χ2v) is 5.36. The van der Waals surface area contributed by atoms with Crippen molar-refractivity contribution in [1.29, 1.82) is 0 Å². The Bertz CT molecular complexity index is 442. The number of nitrogens with zero attached hydrogens (tertiary/aromatic N) is 2. The van der Waals surface area contributed by atoms with E-state index in [9.17, 15) is 10.1 Å². The Morgan fingerprint density at radius 2 is 2.16 bits per heavy atom. The Hall–Kier alpha value is -1.65. The minimum Gasteiger partial charge on any atom is -0.364 e. The van der Waals surface area contributed by atoms with Gasteiger partial charge in [-0.2, -0.15) is 0 Å². The second kappa shape index (κ2) is 6.50. The van der Waals surface area contributed by atoms with Crippen molar-refractivity contribution in [2.75, 3.05) is 11.9 Å². The summed E-state index contributed by atoms with van der Waals surface area (Å²) in [7, 11) is 0. The number of anilines is 1. The molecule has 0 aliphatic heterocycles. The van der Waals surface area contributed by atoms with Gasteiger partial charge in [-0.05, 0) is 24.8 Å². The lowest BCUT2D eigenvalue weighted by molar-refractivity contribution is -0.384. The standard InChI is InChI=1S/C14H21N3O2/c1-11-9-13(17(18)19)14(16-10-11)15-8-7-12-5-3-2-4-6-12/h9-10,12H,2-8H2,1H3,(H,15,16). The number of hydrogen-bond acceptors (Lipinski definition) is 4. The molecule has 0 atom stereocenters. The summed E-state index contributed by atoms with van der Waals surface area (Å²) in [4.78, 5) is 14.7. The average molecular weight is 263 g/mol. The third kappa shape index (κ3) is 3.91. The number of nitro groups is 1. The summed E-state index contributed by atoms with van der Waals surface area (Å²) in [5.74, 6) is 1.16. The fourth-order valence-corrected chi connectivity index (χ4v) is 2.70. The van der Waals surface area contributed by atoms with Gasteiger partial charge in [0.05, 0.1) is 4.92 Å². The largest absolute Gasteiger partial charge is 0.364 e. The van der Waals surface area contributed by atoms with E-state index in [0.717, 1.165) is 24.4 Å². The van der Waals surface area contributed by atoms with Crippen LogP contribution in [-0.2, 0) is 0 Å². The van der Waals surface area contributed by atoms with Crippen molar-refractivity contribution >= 4 is 11.5 Å². The van der Waals surface area contributed by atoms with Gasteiger partial charge in [-0.25, -0.2) is 4.98 Å². The highest BCUT2D eigenvalue weighted by molar-refractivity contribution is 5.56. The summed E-state index contributed by atoms with van der Waals surface area (Å²) in [5.41, 5.74) is 0.883. The lowest BCUT2D eigenvalue weighted by Gasteiger charge is -2.21. The average Bonchev–Trinajstić information content (AvgIpc) is 2.41. The van der Waals surface area contributed by atoms with Crippen molar-refractivity contribution < 1.29 is 4.92 Å². The summed E-state index contributed by atoms with van der Waals surface area (Å²) in [5, 5.41) is 14.1. The van der Waals surface area contributed by atoms with Crippen LogP contribution in [0.5, 0.6) is 0 Å². The summed E-state index contributed by atoms with van der Waals surface area (Å²) < 4.78 is 0. The van der Waals surface area contributed by atoms with Crippen LogP contribution in [0.2, 0.25) is 0 Å². The minimum atomic E-state index is -0.372. The fraction of sp³-hybridized carbons (Fsp3) is 0.643. The van der Waals surface area contributed by atoms with Gasteiger partial charge in [0, 0.05) is 18.8 Å². The molecule has 1 aromatic rings. The van der Waals surface area contributed by atoms with Gasteiger partial charge >= 0.3 is 5.69 Å². The van der Waals surface area contributed by atoms with Gasteiger partial charge in [0.2, 0.25) is 5.82 Å². The van der Waals surface area contributed by atoms with Crippen molar-refractivity contribution in [1.82, 2.24) is 4.98 Å². The molecular weight excluding hydrogens is 242 g/mol. The first kappa shape index (κ1) is 13.8. The van der Waals surface area contributed by atoms with Crippen molar-refractivity contribution in [2.45, 2.75) is 45.4 Å². The number of hydrogen-bond donors (Lipinski definition) is 1. The molecule has 0 saturated heterocycles. The third-order valence-electron chi connectivity index (χ3n) is 3.77. The molecule has 5 nitrogen and oxygen atoms in total. The molecule has 0 radical (unpaired) electrons. The maximum absolute atomic E-state index is 11.0. The van der Waals surface area contributed by atoms with Crippen LogP contribution in [0.4, 0.5) is 11.5 Å². The summed E-state index contributed by atoms with van der Waals surface area (Å²) >= 11 is 0. The predicted octanol–water partition coefficient (Wildman–Crippen LogP) is 3.68. The van der Waals surface area contributed by atoms with Crippen LogP contribution >= 0.6 is 0 Å². The molecule has 1 aliphatic rings. The second-order valence-electron chi connectivity index (χ2n) is 5.36. The van der Waals surface area contributed by atoms with E-state index >= 15 is 0 Å². The molecule has 19 heavy (non-hydrogen) atoms. The number of nitrogens with one attached hydrogen (secondary N) is 1. The number of rotatable bonds is 5. The van der Waals surface area contributed by atoms with E-state index in [1.165, 1.54) is 32.1 Å². The predicted molar refractivity (Wildman–Crippen MR) is 75.3 cm³/mol. The fourth-order valence-electron chi connectivity index (χ4n) is 2.70. The molecule has 5 heteroatoms. The molecule has 104 valence electrons. The van der Waals surface area contributed by atoms with Crippen LogP contribution in [0.1, 0.15) is 44.1 Å². The van der Waals surface area contributed by atoms with Crippen molar-refractivity contribution in [3.05, 3.63) is 27.9 Å². The number of aromatic nitrogens is 1. The first-order valence-electron chi connectivity index (χ1n) is 7.01. The van der Waals surface area contributed by atoms with Gasteiger partial charge in [0.15, 0.2) is 0 Å². The summed E-state index contributed by atoms with van der Waals surface area (Å²) in [6.07, 6.45) is 9.34. The molecule has 0 amide bonds. The lowest BCUT2D eigenvalue weighted by atomic mass is 9.87. The van der Waals surface area contributed by atoms with Gasteiger partial charge in [-0.15, -0.1) is 0 Å². The summed E-state index contributed by atoms with van der Waals surface area (Å²) in [6.45, 7) is 2.58. The van der Waals surface area contributed by atoms with Crippen LogP contribution in [0.25, 0.3) is 0 Å². The third-order valence-corrected chi connectivity index (χ3v) is 3.77. The molecule has 1 fully saturated rings. The van der Waals surface area contributed by atoms with Gasteiger partial charge in [0.25, 0.3) is 0 Å². The van der Waals surface area contributed by atoms with Crippen LogP contribution in [-0.4, -0.2) is 16.5 Å². The highest BCUT2D eigenvalue weighted by Gasteiger charge is 2.16. The molecule has 0 aromatic carbocycles. The van der Waals surface area contributed by atoms with E-state index in [1.54, 1.807) is 12.3 Å². The topological polar surface area (TPSA) is 68.1 Å². The summed E-state index contributed by atoms with van der Waals surface area (Å²) in [6, 6.07) is 1.57. The Morgan fingerprint density at radius 3 is 2.84 bits per heavy atom. The zero-order valence-corrected chi connectivity index (χ0v) is 11.4. The first-order chi connectivity index (χ1) is 9.16. The van der Waals surface area contributed by atoms with E-state index in [0.29, 0.717) is 5.82 Å². The molecule has 1 N–H and O–H groups in total. The van der Waals surface area contributed by atoms with Crippen molar-refractivity contribution in [3.63, 3.8) is 0 Å². The van der Waals surface area contributed by atoms with Crippen molar-refractivity contribution in [3.8, 4) is 0 Å². The Morgan fingerprint density at radius 1 is 1.42 bits per heavy atom. The lowest BCUT2D eigenvalue weighted by Crippen LogP contribution is -2.13. The van der Waals surface area contributed by atoms with Crippen LogP contribution in [0, 0.1) is 23.0 Å². The molecular formula is C14H21N3O2. The van der Waals surface area contributed by atoms with Gasteiger partial charge in [0.1, 0.15) is 0 Å². The molecule has 1 aromatic heterocycles. The smallest absolute Gasteiger partial charge is 0.311 e. The maximum atomic E-state index is 11.0. The van der Waals surface area contributed by atoms with E-state index in [-0.39, 0.29) is 10.6 Å². The molecule has 2 rings (SSSR count). The van der Waals surface area contributed by atoms with E-state index in [4.69, 9.17) is 0 Å². The normalized spacial score (nSPS) is 16.3. The zero-order chi connectivity index (χ0) is 13.7. The number of pyridine rings is 1. The molecule has 0 unspecified atom stereocenters. The van der Waals surface area contributed by atoms with Gasteiger partial charge < -0.3 is 5.32 Å². The number of aryl methyl sites for hydroxylation is 1. The molecule has 1 heterocycles. The van der Waals surface area contributed by atoms with E-state index in [2.05, 4.69) is 10.3 Å². The zero-order valence-electron chi connectivity index (χ0n) is 11.4. The first-order valence-corrected chi connectivity index (χ1v) is 7.01. The van der Waals surface area contributed by atoms with E-state index in [1.807, 2.05) is 6.92 Å². The van der Waals surface area contributed by atoms with Crippen LogP contribution in [0.3, 0.4) is 0 Å². The Labute approximate surface area is 113 Å². The minimum absolute atomic E-state index is 0.0728. The Kier molecular flexibility index (Phi) is 4.71. The SMILES string of the molecule is Cc1cnc(NCCC2CCCCC2)c([N+](=O)[O-])c1. The van der Waals surface area contributed by atoms with Crippen LogP contribution in [0.15, 0.2) is 12.3 Å². The van der Waals surface area contributed by atoms with Crippen molar-refractivity contribution in [2.24, 2.45) is 5.92 Å². The maximum Gasteiger partial charge on any atom is 0.311 e. The quantitative estimate of drug-likeness (QED) is 0.650. The Balaban J connectivity index is 1.89. The van der Waals surface area contributed by atoms with Gasteiger partial charge in [-0.3, -0.25) is 10.1 Å². The van der Waals surface area contributed by atoms with Crippen LogP contribution < -0.4 is 5.32 Å². The van der Waals surface area contributed by atoms with E-state index < -0.39 is 0 Å². The molecule has 1 aliphatic carbocycles. The highest BCUT2D eigenvalue weighted by Crippen LogP contribution is 2.27. The molecule has 1 saturated carbocycles. The van der Waals surface area contributed by atoms with Gasteiger partial charge in [-0.1, -0.05) is 32.1 Å². The highest BCUT2D eigenvalue weighted by atomic mass is 16.6.